The van der Waals surface area contributed by atoms with E-state index in [0.29, 0.717) is 40.8 Å². The first-order valence-electron chi connectivity index (χ1n) is 12.0. The largest absolute Gasteiger partial charge is 0.508 e. The fourth-order valence-electron chi connectivity index (χ4n) is 4.53. The van der Waals surface area contributed by atoms with Gasteiger partial charge < -0.3 is 15.7 Å². The molecule has 3 N–H and O–H groups in total. The van der Waals surface area contributed by atoms with E-state index in [1.807, 2.05) is 37.9 Å². The Morgan fingerprint density at radius 3 is 2.58 bits per heavy atom. The zero-order valence-electron chi connectivity index (χ0n) is 21.2. The zero-order valence-corrected chi connectivity index (χ0v) is 21.9. The second-order valence-corrected chi connectivity index (χ2v) is 9.96. The van der Waals surface area contributed by atoms with Crippen LogP contribution < -0.4 is 11.3 Å². The van der Waals surface area contributed by atoms with Crippen LogP contribution in [-0.2, 0) is 12.7 Å². The lowest BCUT2D eigenvalue weighted by Crippen LogP contribution is -2.34. The van der Waals surface area contributed by atoms with Crippen molar-refractivity contribution in [3.63, 3.8) is 0 Å². The minimum atomic E-state index is -4.70. The number of aromatic nitrogens is 2. The number of aromatic hydroxyl groups is 1. The number of nitrogens with two attached hydrogens (primary N) is 1. The molecule has 0 saturated heterocycles. The minimum Gasteiger partial charge on any atom is -0.508 e. The van der Waals surface area contributed by atoms with Gasteiger partial charge in [-0.1, -0.05) is 24.6 Å². The number of pyridine rings is 2. The molecular weight excluding hydrogens is 517 g/mol. The van der Waals surface area contributed by atoms with Crippen LogP contribution in [0.3, 0.4) is 0 Å². The molecule has 4 rings (SSSR count). The molecule has 0 aliphatic rings. The fraction of sp³-hybridized carbons (Fsp3) is 0.286. The van der Waals surface area contributed by atoms with Crippen molar-refractivity contribution in [1.82, 2.24) is 14.5 Å². The summed E-state index contributed by atoms with van der Waals surface area (Å²) in [6.07, 6.45) is -0.890. The molecule has 0 saturated carbocycles. The highest BCUT2D eigenvalue weighted by atomic mass is 35.5. The summed E-state index contributed by atoms with van der Waals surface area (Å²) in [6.45, 7) is 4.80. The van der Waals surface area contributed by atoms with Crippen LogP contribution in [0.4, 0.5) is 13.2 Å². The highest BCUT2D eigenvalue weighted by molar-refractivity contribution is 6.31. The number of rotatable bonds is 7. The number of hydrogen-bond acceptors (Lipinski definition) is 5. The Morgan fingerprint density at radius 2 is 1.92 bits per heavy atom. The Bertz CT molecular complexity index is 1530. The van der Waals surface area contributed by atoms with Crippen LogP contribution >= 0.6 is 11.6 Å². The van der Waals surface area contributed by atoms with Gasteiger partial charge >= 0.3 is 6.18 Å². The van der Waals surface area contributed by atoms with E-state index in [1.54, 1.807) is 18.3 Å². The highest BCUT2D eigenvalue weighted by Crippen LogP contribution is 2.34. The van der Waals surface area contributed by atoms with Gasteiger partial charge in [0.05, 0.1) is 22.2 Å². The van der Waals surface area contributed by atoms with Crippen LogP contribution in [0.1, 0.15) is 30.0 Å². The molecule has 0 unspecified atom stereocenters. The van der Waals surface area contributed by atoms with Gasteiger partial charge in [0.1, 0.15) is 5.75 Å². The third kappa shape index (κ3) is 5.85. The molecule has 2 heterocycles. The van der Waals surface area contributed by atoms with Crippen LogP contribution in [0.15, 0.2) is 59.7 Å². The van der Waals surface area contributed by atoms with E-state index in [2.05, 4.69) is 4.98 Å². The SMILES string of the molecule is CC[C@H](N)CN(C)Cc1c(-c2cc(C)cc(Cl)c2)cnc2ccn(-c3cc(O)cc(C(F)(F)F)c3)c(=O)c12. The molecule has 2 aromatic heterocycles. The van der Waals surface area contributed by atoms with Crippen molar-refractivity contribution < 1.29 is 18.3 Å². The zero-order chi connectivity index (χ0) is 27.8. The average molecular weight is 545 g/mol. The lowest BCUT2D eigenvalue weighted by atomic mass is 9.96. The second kappa shape index (κ2) is 10.8. The number of alkyl halides is 3. The Hall–Kier alpha value is -3.40. The maximum Gasteiger partial charge on any atom is 0.416 e. The number of phenolic OH excluding ortho intramolecular Hbond substituents is 1. The molecule has 10 heteroatoms. The monoisotopic (exact) mass is 544 g/mol. The second-order valence-electron chi connectivity index (χ2n) is 9.52. The molecule has 200 valence electrons. The first-order valence-corrected chi connectivity index (χ1v) is 12.4. The summed E-state index contributed by atoms with van der Waals surface area (Å²) in [5, 5.41) is 10.8. The van der Waals surface area contributed by atoms with Crippen LogP contribution in [0.2, 0.25) is 5.02 Å². The number of fused-ring (bicyclic) bond motifs is 1. The molecule has 0 aliphatic carbocycles. The maximum absolute atomic E-state index is 13.9. The van der Waals surface area contributed by atoms with Crippen molar-refractivity contribution in [2.24, 2.45) is 5.73 Å². The predicted octanol–water partition coefficient (Wildman–Crippen LogP) is 5.91. The van der Waals surface area contributed by atoms with Gasteiger partial charge in [-0.05, 0) is 67.4 Å². The first kappa shape index (κ1) is 27.6. The van der Waals surface area contributed by atoms with Gasteiger partial charge in [0.25, 0.3) is 5.56 Å². The summed E-state index contributed by atoms with van der Waals surface area (Å²) in [7, 11) is 1.89. The van der Waals surface area contributed by atoms with E-state index in [1.165, 1.54) is 6.20 Å². The summed E-state index contributed by atoms with van der Waals surface area (Å²) in [6, 6.07) is 9.60. The number of hydrogen-bond donors (Lipinski definition) is 2. The molecule has 1 atom stereocenters. The number of aryl methyl sites for hydroxylation is 1. The van der Waals surface area contributed by atoms with E-state index in [-0.39, 0.29) is 17.1 Å². The topological polar surface area (TPSA) is 84.4 Å². The summed E-state index contributed by atoms with van der Waals surface area (Å²) in [5.41, 5.74) is 7.85. The predicted molar refractivity (Wildman–Crippen MR) is 144 cm³/mol. The van der Waals surface area contributed by atoms with Crippen LogP contribution in [-0.4, -0.2) is 39.2 Å². The van der Waals surface area contributed by atoms with Gasteiger partial charge in [-0.15, -0.1) is 0 Å². The molecule has 0 amide bonds. The van der Waals surface area contributed by atoms with Crippen LogP contribution in [0.25, 0.3) is 27.7 Å². The van der Waals surface area contributed by atoms with Gasteiger partial charge in [0, 0.05) is 48.2 Å². The Labute approximate surface area is 223 Å². The summed E-state index contributed by atoms with van der Waals surface area (Å²) < 4.78 is 41.4. The third-order valence-electron chi connectivity index (χ3n) is 6.39. The fourth-order valence-corrected chi connectivity index (χ4v) is 4.82. The molecule has 4 aromatic rings. The van der Waals surface area contributed by atoms with E-state index >= 15 is 0 Å². The number of likely N-dealkylation sites (N-methyl/N-ethyl adjacent to an activating group) is 1. The normalized spacial score (nSPS) is 12.9. The number of halogens is 4. The lowest BCUT2D eigenvalue weighted by Gasteiger charge is -2.23. The van der Waals surface area contributed by atoms with E-state index in [4.69, 9.17) is 17.3 Å². The molecule has 38 heavy (non-hydrogen) atoms. The number of benzene rings is 2. The third-order valence-corrected chi connectivity index (χ3v) is 6.61. The molecular formula is C28H28ClF3N4O2. The van der Waals surface area contributed by atoms with Crippen LogP contribution in [0.5, 0.6) is 5.75 Å². The van der Waals surface area contributed by atoms with Crippen LogP contribution in [0, 0.1) is 6.92 Å². The smallest absolute Gasteiger partial charge is 0.416 e. The van der Waals surface area contributed by atoms with Crippen molar-refractivity contribution in [2.45, 2.75) is 39.0 Å². The number of phenols is 1. The van der Waals surface area contributed by atoms with Gasteiger partial charge in [0.2, 0.25) is 0 Å². The van der Waals surface area contributed by atoms with E-state index < -0.39 is 23.0 Å². The molecule has 6 nitrogen and oxygen atoms in total. The lowest BCUT2D eigenvalue weighted by molar-refractivity contribution is -0.137. The minimum absolute atomic E-state index is 0.0743. The Kier molecular flexibility index (Phi) is 7.83. The summed E-state index contributed by atoms with van der Waals surface area (Å²) >= 11 is 6.34. The van der Waals surface area contributed by atoms with Crippen molar-refractivity contribution in [3.05, 3.63) is 86.9 Å². The molecule has 0 fully saturated rings. The molecule has 0 spiro atoms. The number of nitrogens with zero attached hydrogens (tertiary/aromatic N) is 3. The average Bonchev–Trinajstić information content (AvgIpc) is 2.82. The van der Waals surface area contributed by atoms with Gasteiger partial charge in [-0.25, -0.2) is 0 Å². The van der Waals surface area contributed by atoms with Crippen molar-refractivity contribution in [1.29, 1.82) is 0 Å². The molecule has 0 aliphatic heterocycles. The van der Waals surface area contributed by atoms with Gasteiger partial charge in [0.15, 0.2) is 0 Å². The van der Waals surface area contributed by atoms with Crippen molar-refractivity contribution in [2.75, 3.05) is 13.6 Å². The maximum atomic E-state index is 13.9. The Morgan fingerprint density at radius 1 is 1.18 bits per heavy atom. The van der Waals surface area contributed by atoms with Crippen molar-refractivity contribution >= 4 is 22.5 Å². The van der Waals surface area contributed by atoms with Crippen molar-refractivity contribution in [3.8, 4) is 22.6 Å². The standard InChI is InChI=1S/C28H28ClF3N4O2/c1-4-20(33)14-35(3)15-24-23(17-7-16(2)8-19(29)9-17)13-34-25-5-6-36(27(38)26(24)25)21-10-18(28(30,31)32)11-22(37)12-21/h5-13,20,37H,4,14-15,33H2,1-3H3/t20-/m0/s1. The van der Waals surface area contributed by atoms with E-state index in [0.717, 1.165) is 34.2 Å². The Balaban J connectivity index is 1.99. The first-order chi connectivity index (χ1) is 17.9. The summed E-state index contributed by atoms with van der Waals surface area (Å²) in [4.78, 5) is 20.4. The van der Waals surface area contributed by atoms with Gasteiger partial charge in [-0.3, -0.25) is 14.3 Å². The molecule has 0 bridgehead atoms. The van der Waals surface area contributed by atoms with Gasteiger partial charge in [-0.2, -0.15) is 13.2 Å². The quantitative estimate of drug-likeness (QED) is 0.302. The molecule has 0 radical (unpaired) electrons. The molecule has 2 aromatic carbocycles. The highest BCUT2D eigenvalue weighted by Gasteiger charge is 2.31. The summed E-state index contributed by atoms with van der Waals surface area (Å²) in [5.74, 6) is -0.600. The van der Waals surface area contributed by atoms with E-state index in [9.17, 15) is 23.1 Å².